The first-order valence-electron chi connectivity index (χ1n) is 5.01. The van der Waals surface area contributed by atoms with Gasteiger partial charge in [-0.25, -0.2) is 4.39 Å². The molecule has 0 fully saturated rings. The number of nitrogen functional groups attached to an aromatic ring is 1. The van der Waals surface area contributed by atoms with E-state index < -0.39 is 5.82 Å². The Labute approximate surface area is 104 Å². The Morgan fingerprint density at radius 2 is 1.94 bits per heavy atom. The van der Waals surface area contributed by atoms with Crippen LogP contribution < -0.4 is 10.5 Å². The van der Waals surface area contributed by atoms with Crippen molar-refractivity contribution in [3.8, 4) is 16.9 Å². The van der Waals surface area contributed by atoms with E-state index in [1.165, 1.54) is 7.11 Å². The molecule has 0 unspecified atom stereocenters. The molecule has 0 amide bonds. The second-order valence-corrected chi connectivity index (χ2v) is 3.99. The molecule has 0 atom stereocenters. The first-order chi connectivity index (χ1) is 8.13. The van der Waals surface area contributed by atoms with Crippen molar-refractivity contribution in [1.29, 1.82) is 0 Å². The summed E-state index contributed by atoms with van der Waals surface area (Å²) in [5, 5.41) is 0.523. The average molecular weight is 252 g/mol. The molecular weight excluding hydrogens is 241 g/mol. The van der Waals surface area contributed by atoms with Crippen LogP contribution in [0.4, 0.5) is 10.1 Å². The van der Waals surface area contributed by atoms with Crippen LogP contribution in [0, 0.1) is 5.82 Å². The van der Waals surface area contributed by atoms with Gasteiger partial charge in [0, 0.05) is 21.8 Å². The first-order valence-corrected chi connectivity index (χ1v) is 5.39. The summed E-state index contributed by atoms with van der Waals surface area (Å²) >= 11 is 5.80. The number of anilines is 1. The Balaban J connectivity index is 2.60. The second-order valence-electron chi connectivity index (χ2n) is 3.55. The van der Waals surface area contributed by atoms with E-state index in [-0.39, 0.29) is 5.75 Å². The molecule has 2 aromatic carbocycles. The van der Waals surface area contributed by atoms with E-state index >= 15 is 0 Å². The summed E-state index contributed by atoms with van der Waals surface area (Å²) in [6, 6.07) is 9.88. The molecule has 0 saturated carbocycles. The van der Waals surface area contributed by atoms with Crippen molar-refractivity contribution in [2.24, 2.45) is 0 Å². The Hall–Kier alpha value is -1.74. The zero-order valence-electron chi connectivity index (χ0n) is 9.21. The standard InChI is InChI=1S/C13H11ClFNO/c1-17-12-4-2-3-10(13(12)15)9-6-5-8(14)7-11(9)16/h2-7H,16H2,1H3. The highest BCUT2D eigenvalue weighted by Gasteiger charge is 2.12. The summed E-state index contributed by atoms with van der Waals surface area (Å²) in [5.74, 6) is -0.235. The van der Waals surface area contributed by atoms with Gasteiger partial charge in [-0.2, -0.15) is 0 Å². The molecule has 0 aromatic heterocycles. The average Bonchev–Trinajstić information content (AvgIpc) is 2.30. The Bertz CT molecular complexity index is 557. The van der Waals surface area contributed by atoms with Gasteiger partial charge in [-0.15, -0.1) is 0 Å². The zero-order chi connectivity index (χ0) is 12.4. The van der Waals surface area contributed by atoms with Crippen LogP contribution in [0.5, 0.6) is 5.75 Å². The first kappa shape index (κ1) is 11.7. The monoisotopic (exact) mass is 251 g/mol. The topological polar surface area (TPSA) is 35.2 Å². The smallest absolute Gasteiger partial charge is 0.172 e. The van der Waals surface area contributed by atoms with E-state index in [1.54, 1.807) is 36.4 Å². The lowest BCUT2D eigenvalue weighted by Crippen LogP contribution is -1.94. The summed E-state index contributed by atoms with van der Waals surface area (Å²) in [6.07, 6.45) is 0. The lowest BCUT2D eigenvalue weighted by atomic mass is 10.0. The SMILES string of the molecule is COc1cccc(-c2ccc(Cl)cc2N)c1F. The van der Waals surface area contributed by atoms with Crippen LogP contribution >= 0.6 is 11.6 Å². The van der Waals surface area contributed by atoms with Crippen LogP contribution in [-0.4, -0.2) is 7.11 Å². The zero-order valence-corrected chi connectivity index (χ0v) is 9.96. The van der Waals surface area contributed by atoms with Crippen molar-refractivity contribution in [3.63, 3.8) is 0 Å². The van der Waals surface area contributed by atoms with Crippen molar-refractivity contribution in [3.05, 3.63) is 47.2 Å². The predicted octanol–water partition coefficient (Wildman–Crippen LogP) is 3.74. The number of ether oxygens (including phenoxy) is 1. The van der Waals surface area contributed by atoms with Crippen molar-refractivity contribution in [2.45, 2.75) is 0 Å². The van der Waals surface area contributed by atoms with Gasteiger partial charge in [-0.1, -0.05) is 29.8 Å². The molecule has 2 rings (SSSR count). The largest absolute Gasteiger partial charge is 0.494 e. The Kier molecular flexibility index (Phi) is 3.20. The molecule has 2 nitrogen and oxygen atoms in total. The van der Waals surface area contributed by atoms with Gasteiger partial charge in [0.1, 0.15) is 0 Å². The van der Waals surface area contributed by atoms with Gasteiger partial charge < -0.3 is 10.5 Å². The molecule has 0 spiro atoms. The van der Waals surface area contributed by atoms with E-state index in [9.17, 15) is 4.39 Å². The number of benzene rings is 2. The maximum absolute atomic E-state index is 14.0. The number of methoxy groups -OCH3 is 1. The predicted molar refractivity (Wildman–Crippen MR) is 67.8 cm³/mol. The summed E-state index contributed by atoms with van der Waals surface area (Å²) in [4.78, 5) is 0. The summed E-state index contributed by atoms with van der Waals surface area (Å²) < 4.78 is 19.0. The second kappa shape index (κ2) is 4.63. The minimum atomic E-state index is -0.427. The highest BCUT2D eigenvalue weighted by Crippen LogP contribution is 2.33. The molecule has 0 aliphatic carbocycles. The third-order valence-corrected chi connectivity index (χ3v) is 2.72. The third kappa shape index (κ3) is 2.19. The van der Waals surface area contributed by atoms with Crippen LogP contribution in [0.3, 0.4) is 0 Å². The minimum absolute atomic E-state index is 0.192. The fourth-order valence-electron chi connectivity index (χ4n) is 1.66. The number of hydrogen-bond acceptors (Lipinski definition) is 2. The van der Waals surface area contributed by atoms with Gasteiger partial charge in [0.15, 0.2) is 11.6 Å². The van der Waals surface area contributed by atoms with Gasteiger partial charge in [0.05, 0.1) is 7.11 Å². The van der Waals surface area contributed by atoms with E-state index in [0.29, 0.717) is 21.8 Å². The molecule has 4 heteroatoms. The molecular formula is C13H11ClFNO. The van der Waals surface area contributed by atoms with Crippen LogP contribution in [0.2, 0.25) is 5.02 Å². The van der Waals surface area contributed by atoms with Gasteiger partial charge in [0.2, 0.25) is 0 Å². The van der Waals surface area contributed by atoms with Gasteiger partial charge in [-0.05, 0) is 18.2 Å². The lowest BCUT2D eigenvalue weighted by Gasteiger charge is -2.10. The highest BCUT2D eigenvalue weighted by molar-refractivity contribution is 6.31. The van der Waals surface area contributed by atoms with E-state index in [0.717, 1.165) is 0 Å². The Morgan fingerprint density at radius 1 is 1.18 bits per heavy atom. The maximum Gasteiger partial charge on any atom is 0.172 e. The van der Waals surface area contributed by atoms with Gasteiger partial charge >= 0.3 is 0 Å². The van der Waals surface area contributed by atoms with Gasteiger partial charge in [0.25, 0.3) is 0 Å². The molecule has 0 aliphatic heterocycles. The minimum Gasteiger partial charge on any atom is -0.494 e. The fraction of sp³-hybridized carbons (Fsp3) is 0.0769. The van der Waals surface area contributed by atoms with Crippen LogP contribution in [0.25, 0.3) is 11.1 Å². The molecule has 88 valence electrons. The van der Waals surface area contributed by atoms with Crippen LogP contribution in [-0.2, 0) is 0 Å². The fourth-order valence-corrected chi connectivity index (χ4v) is 1.84. The molecule has 17 heavy (non-hydrogen) atoms. The lowest BCUT2D eigenvalue weighted by molar-refractivity contribution is 0.387. The maximum atomic E-state index is 14.0. The quantitative estimate of drug-likeness (QED) is 0.826. The Morgan fingerprint density at radius 3 is 2.59 bits per heavy atom. The number of rotatable bonds is 2. The number of nitrogens with two attached hydrogens (primary N) is 1. The molecule has 0 heterocycles. The number of halogens is 2. The molecule has 0 bridgehead atoms. The molecule has 2 N–H and O–H groups in total. The molecule has 0 aliphatic rings. The highest BCUT2D eigenvalue weighted by atomic mass is 35.5. The molecule has 0 saturated heterocycles. The number of hydrogen-bond donors (Lipinski definition) is 1. The van der Waals surface area contributed by atoms with Crippen molar-refractivity contribution in [1.82, 2.24) is 0 Å². The van der Waals surface area contributed by atoms with Crippen molar-refractivity contribution >= 4 is 17.3 Å². The van der Waals surface area contributed by atoms with Crippen LogP contribution in [0.15, 0.2) is 36.4 Å². The molecule has 2 aromatic rings. The normalized spacial score (nSPS) is 10.3. The van der Waals surface area contributed by atoms with Crippen molar-refractivity contribution < 1.29 is 9.13 Å². The summed E-state index contributed by atoms with van der Waals surface area (Å²) in [5.41, 5.74) is 7.26. The van der Waals surface area contributed by atoms with E-state index in [1.807, 2.05) is 0 Å². The van der Waals surface area contributed by atoms with Crippen LogP contribution in [0.1, 0.15) is 0 Å². The van der Waals surface area contributed by atoms with Crippen molar-refractivity contribution in [2.75, 3.05) is 12.8 Å². The molecule has 0 radical (unpaired) electrons. The summed E-state index contributed by atoms with van der Waals surface area (Å²) in [6.45, 7) is 0. The van der Waals surface area contributed by atoms with Gasteiger partial charge in [-0.3, -0.25) is 0 Å². The van der Waals surface area contributed by atoms with E-state index in [4.69, 9.17) is 22.1 Å². The third-order valence-electron chi connectivity index (χ3n) is 2.49. The van der Waals surface area contributed by atoms with E-state index in [2.05, 4.69) is 0 Å². The summed E-state index contributed by atoms with van der Waals surface area (Å²) in [7, 11) is 1.42.